The lowest BCUT2D eigenvalue weighted by Crippen LogP contribution is -2.40. The molecule has 90 valence electrons. The summed E-state index contributed by atoms with van der Waals surface area (Å²) in [5.74, 6) is 0. The topological polar surface area (TPSA) is 38.0 Å². The standard InChI is InChI=1S/C13H9ClNO2S/c14-18(16,17)15-12-7-3-1-5-10(12)9-11-6-2-4-8-13(11)15/h1-9H/q+1. The van der Waals surface area contributed by atoms with Gasteiger partial charge in [-0.2, -0.15) is 0 Å². The van der Waals surface area contributed by atoms with E-state index < -0.39 is 9.24 Å². The molecule has 1 heterocycles. The molecule has 18 heavy (non-hydrogen) atoms. The van der Waals surface area contributed by atoms with Gasteiger partial charge in [0.15, 0.2) is 0 Å². The summed E-state index contributed by atoms with van der Waals surface area (Å²) < 4.78 is 24.7. The molecule has 5 heteroatoms. The highest BCUT2D eigenvalue weighted by molar-refractivity contribution is 8.08. The third kappa shape index (κ3) is 1.74. The number of para-hydroxylation sites is 2. The summed E-state index contributed by atoms with van der Waals surface area (Å²) in [6.07, 6.45) is 0. The molecule has 0 atom stereocenters. The predicted molar refractivity (Wildman–Crippen MR) is 71.8 cm³/mol. The second kappa shape index (κ2) is 3.93. The molecule has 0 amide bonds. The van der Waals surface area contributed by atoms with Gasteiger partial charge in [-0.1, -0.05) is 28.2 Å². The zero-order valence-electron chi connectivity index (χ0n) is 9.25. The Morgan fingerprint density at radius 1 is 0.833 bits per heavy atom. The Hall–Kier alpha value is -1.65. The van der Waals surface area contributed by atoms with Gasteiger partial charge in [-0.25, -0.2) is 0 Å². The minimum Gasteiger partial charge on any atom is -0.147 e. The first-order chi connectivity index (χ1) is 8.57. The van der Waals surface area contributed by atoms with E-state index in [4.69, 9.17) is 10.7 Å². The molecular formula is C13H9ClNO2S+. The van der Waals surface area contributed by atoms with Crippen LogP contribution in [0.3, 0.4) is 0 Å². The van der Waals surface area contributed by atoms with E-state index in [0.717, 1.165) is 10.8 Å². The summed E-state index contributed by atoms with van der Waals surface area (Å²) in [5.41, 5.74) is 1.15. The zero-order valence-corrected chi connectivity index (χ0v) is 10.8. The molecule has 0 radical (unpaired) electrons. The van der Waals surface area contributed by atoms with Gasteiger partial charge < -0.3 is 0 Å². The van der Waals surface area contributed by atoms with Crippen LogP contribution in [0.25, 0.3) is 21.8 Å². The van der Waals surface area contributed by atoms with Gasteiger partial charge >= 0.3 is 9.24 Å². The number of nitrogens with zero attached hydrogens (tertiary/aromatic N) is 1. The first-order valence-corrected chi connectivity index (χ1v) is 7.62. The SMILES string of the molecule is O=S(=O)(Cl)[n+]1c2ccccc2cc2ccccc21. The summed E-state index contributed by atoms with van der Waals surface area (Å²) in [7, 11) is 1.68. The Morgan fingerprint density at radius 2 is 1.28 bits per heavy atom. The van der Waals surface area contributed by atoms with Gasteiger partial charge in [0, 0.05) is 22.9 Å². The van der Waals surface area contributed by atoms with Crippen molar-refractivity contribution in [2.24, 2.45) is 0 Å². The summed E-state index contributed by atoms with van der Waals surface area (Å²) in [6.45, 7) is 0. The van der Waals surface area contributed by atoms with E-state index in [0.29, 0.717) is 11.0 Å². The minimum atomic E-state index is -3.87. The summed E-state index contributed by atoms with van der Waals surface area (Å²) in [4.78, 5) is 0. The van der Waals surface area contributed by atoms with Crippen LogP contribution in [0.15, 0.2) is 54.6 Å². The van der Waals surface area contributed by atoms with E-state index in [1.165, 1.54) is 3.97 Å². The highest BCUT2D eigenvalue weighted by Crippen LogP contribution is 2.19. The van der Waals surface area contributed by atoms with Gasteiger partial charge in [0.2, 0.25) is 11.0 Å². The van der Waals surface area contributed by atoms with E-state index in [-0.39, 0.29) is 0 Å². The summed E-state index contributed by atoms with van der Waals surface area (Å²) in [5, 5.41) is 1.67. The average molecular weight is 279 g/mol. The van der Waals surface area contributed by atoms with E-state index in [9.17, 15) is 8.42 Å². The molecule has 0 spiro atoms. The lowest BCUT2D eigenvalue weighted by molar-refractivity contribution is -0.445. The second-order valence-corrected chi connectivity index (χ2v) is 6.33. The fourth-order valence-electron chi connectivity index (χ4n) is 2.12. The van der Waals surface area contributed by atoms with Crippen LogP contribution < -0.4 is 3.97 Å². The Bertz CT molecular complexity index is 805. The van der Waals surface area contributed by atoms with Crippen molar-refractivity contribution in [3.05, 3.63) is 54.6 Å². The molecule has 3 rings (SSSR count). The Balaban J connectivity index is 2.67. The largest absolute Gasteiger partial charge is 0.463 e. The number of hydrogen-bond donors (Lipinski definition) is 0. The van der Waals surface area contributed by atoms with Crippen LogP contribution >= 0.6 is 10.7 Å². The number of aromatic nitrogens is 1. The van der Waals surface area contributed by atoms with Crippen LogP contribution in [0.4, 0.5) is 0 Å². The molecule has 0 saturated heterocycles. The van der Waals surface area contributed by atoms with Crippen molar-refractivity contribution in [2.75, 3.05) is 0 Å². The second-order valence-electron chi connectivity index (χ2n) is 3.97. The number of pyridine rings is 1. The smallest absolute Gasteiger partial charge is 0.147 e. The van der Waals surface area contributed by atoms with E-state index >= 15 is 0 Å². The van der Waals surface area contributed by atoms with E-state index in [1.54, 1.807) is 24.3 Å². The van der Waals surface area contributed by atoms with Crippen LogP contribution in [-0.2, 0) is 9.24 Å². The molecule has 0 fully saturated rings. The lowest BCUT2D eigenvalue weighted by atomic mass is 10.1. The molecule has 0 unspecified atom stereocenters. The van der Waals surface area contributed by atoms with Crippen molar-refractivity contribution in [2.45, 2.75) is 0 Å². The molecule has 2 aromatic carbocycles. The van der Waals surface area contributed by atoms with Crippen molar-refractivity contribution in [1.29, 1.82) is 0 Å². The molecular weight excluding hydrogens is 270 g/mol. The molecule has 0 aliphatic carbocycles. The zero-order chi connectivity index (χ0) is 12.8. The maximum Gasteiger partial charge on any atom is 0.463 e. The van der Waals surface area contributed by atoms with E-state index in [2.05, 4.69) is 0 Å². The van der Waals surface area contributed by atoms with Crippen molar-refractivity contribution in [3.63, 3.8) is 0 Å². The summed E-state index contributed by atoms with van der Waals surface area (Å²) in [6, 6.07) is 16.4. The first-order valence-electron chi connectivity index (χ1n) is 5.35. The molecule has 0 saturated carbocycles. The highest BCUT2D eigenvalue weighted by atomic mass is 35.7. The van der Waals surface area contributed by atoms with Gasteiger partial charge in [0.25, 0.3) is 0 Å². The minimum absolute atomic E-state index is 0.575. The van der Waals surface area contributed by atoms with Gasteiger partial charge in [-0.3, -0.25) is 0 Å². The lowest BCUT2D eigenvalue weighted by Gasteiger charge is -2.01. The van der Waals surface area contributed by atoms with Crippen molar-refractivity contribution in [1.82, 2.24) is 0 Å². The van der Waals surface area contributed by atoms with Gasteiger partial charge in [-0.15, -0.1) is 8.42 Å². The van der Waals surface area contributed by atoms with Crippen LogP contribution in [0.2, 0.25) is 0 Å². The molecule has 3 nitrogen and oxygen atoms in total. The third-order valence-electron chi connectivity index (χ3n) is 2.84. The third-order valence-corrected chi connectivity index (χ3v) is 4.08. The maximum atomic E-state index is 11.8. The average Bonchev–Trinajstić information content (AvgIpc) is 2.34. The molecule has 0 aliphatic rings. The molecule has 0 aliphatic heterocycles. The summed E-state index contributed by atoms with van der Waals surface area (Å²) >= 11 is 0. The Kier molecular flexibility index (Phi) is 2.50. The van der Waals surface area contributed by atoms with Crippen LogP contribution in [0.1, 0.15) is 0 Å². The van der Waals surface area contributed by atoms with Crippen molar-refractivity contribution >= 4 is 41.7 Å². The molecule has 0 N–H and O–H groups in total. The van der Waals surface area contributed by atoms with Gasteiger partial charge in [0.1, 0.15) is 0 Å². The van der Waals surface area contributed by atoms with Crippen LogP contribution in [0.5, 0.6) is 0 Å². The Morgan fingerprint density at radius 3 is 1.72 bits per heavy atom. The fraction of sp³-hybridized carbons (Fsp3) is 0. The Labute approximate surface area is 109 Å². The number of benzene rings is 2. The maximum absolute atomic E-state index is 11.8. The first kappa shape index (κ1) is 11.4. The molecule has 1 aromatic heterocycles. The van der Waals surface area contributed by atoms with Gasteiger partial charge in [-0.05, 0) is 18.2 Å². The van der Waals surface area contributed by atoms with Gasteiger partial charge in [0.05, 0.1) is 10.7 Å². The van der Waals surface area contributed by atoms with E-state index in [1.807, 2.05) is 30.3 Å². The highest BCUT2D eigenvalue weighted by Gasteiger charge is 2.26. The number of halogens is 1. The van der Waals surface area contributed by atoms with Crippen molar-refractivity contribution < 1.29 is 12.4 Å². The normalized spacial score (nSPS) is 12.1. The predicted octanol–water partition coefficient (Wildman–Crippen LogP) is 2.61. The van der Waals surface area contributed by atoms with Crippen LogP contribution in [-0.4, -0.2) is 8.42 Å². The number of rotatable bonds is 1. The molecule has 3 aromatic rings. The number of hydrogen-bond acceptors (Lipinski definition) is 2. The van der Waals surface area contributed by atoms with Crippen molar-refractivity contribution in [3.8, 4) is 0 Å². The van der Waals surface area contributed by atoms with Crippen LogP contribution in [0, 0.1) is 0 Å². The quantitative estimate of drug-likeness (QED) is 0.390. The molecule has 0 bridgehead atoms. The number of fused-ring (bicyclic) bond motifs is 2. The fourth-order valence-corrected chi connectivity index (χ4v) is 3.37. The monoisotopic (exact) mass is 278 g/mol.